The summed E-state index contributed by atoms with van der Waals surface area (Å²) in [5.41, 5.74) is 0. The lowest BCUT2D eigenvalue weighted by atomic mass is 10.1. The summed E-state index contributed by atoms with van der Waals surface area (Å²) in [6.07, 6.45) is 2.92. The van der Waals surface area contributed by atoms with Gasteiger partial charge in [0, 0.05) is 4.88 Å². The number of nitrogens with one attached hydrogen (secondary N) is 1. The molecule has 2 heterocycles. The Hall–Kier alpha value is -0.0900. The lowest BCUT2D eigenvalue weighted by molar-refractivity contribution is 0.0327. The van der Waals surface area contributed by atoms with E-state index in [1.54, 1.807) is 11.3 Å². The molecule has 3 unspecified atom stereocenters. The minimum absolute atomic E-state index is 0.252. The largest absolute Gasteiger partial charge is 0.373 e. The van der Waals surface area contributed by atoms with Crippen molar-refractivity contribution in [3.8, 4) is 0 Å². The van der Waals surface area contributed by atoms with Gasteiger partial charge < -0.3 is 10.1 Å². The fourth-order valence-electron chi connectivity index (χ4n) is 2.22. The van der Waals surface area contributed by atoms with Gasteiger partial charge in [0.15, 0.2) is 0 Å². The van der Waals surface area contributed by atoms with Crippen molar-refractivity contribution in [3.05, 3.63) is 21.3 Å². The Bertz CT molecular complexity index is 342. The van der Waals surface area contributed by atoms with E-state index in [1.165, 1.54) is 4.88 Å². The molecule has 0 aromatic carbocycles. The van der Waals surface area contributed by atoms with Crippen molar-refractivity contribution in [1.82, 2.24) is 5.32 Å². The maximum absolute atomic E-state index is 6.20. The summed E-state index contributed by atoms with van der Waals surface area (Å²) in [6, 6.07) is 2.21. The summed E-state index contributed by atoms with van der Waals surface area (Å²) < 4.78 is 5.94. The van der Waals surface area contributed by atoms with Gasteiger partial charge in [-0.15, -0.1) is 11.3 Å². The summed E-state index contributed by atoms with van der Waals surface area (Å²) in [6.45, 7) is 5.19. The highest BCUT2D eigenvalue weighted by Crippen LogP contribution is 2.36. The zero-order chi connectivity index (χ0) is 11.5. The van der Waals surface area contributed by atoms with Crippen LogP contribution < -0.4 is 5.32 Å². The van der Waals surface area contributed by atoms with Gasteiger partial charge in [-0.1, -0.05) is 18.5 Å². The van der Waals surface area contributed by atoms with E-state index in [4.69, 9.17) is 16.3 Å². The molecule has 1 aromatic heterocycles. The fourth-order valence-corrected chi connectivity index (χ4v) is 3.52. The predicted molar refractivity (Wildman–Crippen MR) is 69.3 cm³/mol. The molecule has 4 heteroatoms. The third kappa shape index (κ3) is 2.59. The predicted octanol–water partition coefficient (Wildman–Crippen LogP) is 3.62. The second kappa shape index (κ2) is 5.50. The number of thiophene rings is 1. The van der Waals surface area contributed by atoms with Gasteiger partial charge in [-0.3, -0.25) is 0 Å². The van der Waals surface area contributed by atoms with E-state index in [0.29, 0.717) is 6.10 Å². The molecule has 1 fully saturated rings. The van der Waals surface area contributed by atoms with Crippen molar-refractivity contribution < 1.29 is 4.74 Å². The number of likely N-dealkylation sites (N-methyl/N-ethyl adjacent to an activating group) is 1. The number of hydrogen-bond acceptors (Lipinski definition) is 3. The molecule has 2 rings (SSSR count). The van der Waals surface area contributed by atoms with Gasteiger partial charge in [0.25, 0.3) is 0 Å². The van der Waals surface area contributed by atoms with Crippen molar-refractivity contribution in [1.29, 1.82) is 0 Å². The van der Waals surface area contributed by atoms with Crippen LogP contribution in [0.3, 0.4) is 0 Å². The van der Waals surface area contributed by atoms with Crippen LogP contribution >= 0.6 is 22.9 Å². The molecule has 1 aliphatic heterocycles. The Morgan fingerprint density at radius 2 is 2.44 bits per heavy atom. The Kier molecular flexibility index (Phi) is 4.25. The van der Waals surface area contributed by atoms with E-state index in [-0.39, 0.29) is 12.1 Å². The van der Waals surface area contributed by atoms with E-state index < -0.39 is 0 Å². The molecule has 1 aliphatic rings. The van der Waals surface area contributed by atoms with Crippen LogP contribution in [0, 0.1) is 0 Å². The second-order valence-corrected chi connectivity index (χ2v) is 5.59. The molecule has 1 aromatic rings. The molecular formula is C12H18ClNOS. The third-order valence-corrected chi connectivity index (χ3v) is 4.43. The van der Waals surface area contributed by atoms with Gasteiger partial charge >= 0.3 is 0 Å². The first-order valence-corrected chi connectivity index (χ1v) is 7.10. The Morgan fingerprint density at radius 1 is 1.62 bits per heavy atom. The van der Waals surface area contributed by atoms with Crippen LogP contribution in [0.4, 0.5) is 0 Å². The van der Waals surface area contributed by atoms with Gasteiger partial charge in [-0.2, -0.15) is 0 Å². The van der Waals surface area contributed by atoms with Crippen LogP contribution in [0.2, 0.25) is 5.02 Å². The molecular weight excluding hydrogens is 242 g/mol. The van der Waals surface area contributed by atoms with Gasteiger partial charge in [0.1, 0.15) is 0 Å². The topological polar surface area (TPSA) is 21.3 Å². The molecule has 0 spiro atoms. The monoisotopic (exact) mass is 259 g/mol. The van der Waals surface area contributed by atoms with Crippen LogP contribution in [0.25, 0.3) is 0 Å². The maximum Gasteiger partial charge on any atom is 0.0782 e. The molecule has 0 radical (unpaired) electrons. The van der Waals surface area contributed by atoms with E-state index in [2.05, 4.69) is 19.2 Å². The fraction of sp³-hybridized carbons (Fsp3) is 0.667. The van der Waals surface area contributed by atoms with Gasteiger partial charge in [-0.05, 0) is 37.8 Å². The molecule has 3 atom stereocenters. The van der Waals surface area contributed by atoms with Gasteiger partial charge in [-0.25, -0.2) is 0 Å². The van der Waals surface area contributed by atoms with Crippen molar-refractivity contribution in [2.24, 2.45) is 0 Å². The lowest BCUT2D eigenvalue weighted by Gasteiger charge is -2.23. The van der Waals surface area contributed by atoms with Crippen molar-refractivity contribution in [3.63, 3.8) is 0 Å². The van der Waals surface area contributed by atoms with Crippen LogP contribution in [0.1, 0.15) is 37.6 Å². The quantitative estimate of drug-likeness (QED) is 0.892. The first-order chi connectivity index (χ1) is 7.72. The zero-order valence-corrected chi connectivity index (χ0v) is 11.3. The van der Waals surface area contributed by atoms with Crippen molar-refractivity contribution in [2.45, 2.75) is 44.9 Å². The van der Waals surface area contributed by atoms with E-state index in [9.17, 15) is 0 Å². The minimum atomic E-state index is 0.252. The molecule has 0 amide bonds. The van der Waals surface area contributed by atoms with Gasteiger partial charge in [0.2, 0.25) is 0 Å². The Morgan fingerprint density at radius 3 is 2.94 bits per heavy atom. The number of rotatable bonds is 4. The summed E-state index contributed by atoms with van der Waals surface area (Å²) in [5.74, 6) is 0. The average molecular weight is 260 g/mol. The Labute approximate surface area is 106 Å². The number of hydrogen-bond donors (Lipinski definition) is 1. The summed E-state index contributed by atoms with van der Waals surface area (Å²) in [4.78, 5) is 1.21. The molecule has 1 saturated heterocycles. The van der Waals surface area contributed by atoms with Crippen molar-refractivity contribution in [2.75, 3.05) is 6.54 Å². The highest BCUT2D eigenvalue weighted by molar-refractivity contribution is 7.10. The van der Waals surface area contributed by atoms with Gasteiger partial charge in [0.05, 0.1) is 23.3 Å². The molecule has 0 saturated carbocycles. The SMILES string of the molecule is CCNC(c1sccc1Cl)C1CCC(C)O1. The normalized spacial score (nSPS) is 27.2. The van der Waals surface area contributed by atoms with E-state index in [1.807, 2.05) is 11.4 Å². The average Bonchev–Trinajstić information content (AvgIpc) is 2.84. The van der Waals surface area contributed by atoms with E-state index in [0.717, 1.165) is 24.4 Å². The third-order valence-electron chi connectivity index (χ3n) is 2.99. The molecule has 2 nitrogen and oxygen atoms in total. The van der Waals surface area contributed by atoms with Crippen LogP contribution in [-0.4, -0.2) is 18.8 Å². The zero-order valence-electron chi connectivity index (χ0n) is 9.70. The first-order valence-electron chi connectivity index (χ1n) is 5.84. The second-order valence-electron chi connectivity index (χ2n) is 4.23. The van der Waals surface area contributed by atoms with Crippen LogP contribution in [0.5, 0.6) is 0 Å². The first kappa shape index (κ1) is 12.4. The van der Waals surface area contributed by atoms with Crippen LogP contribution in [0.15, 0.2) is 11.4 Å². The lowest BCUT2D eigenvalue weighted by Crippen LogP contribution is -2.31. The van der Waals surface area contributed by atoms with Crippen LogP contribution in [-0.2, 0) is 4.74 Å². The smallest absolute Gasteiger partial charge is 0.0782 e. The highest BCUT2D eigenvalue weighted by Gasteiger charge is 2.31. The maximum atomic E-state index is 6.20. The summed E-state index contributed by atoms with van der Waals surface area (Å²) >= 11 is 7.91. The molecule has 1 N–H and O–H groups in total. The molecule has 0 bridgehead atoms. The minimum Gasteiger partial charge on any atom is -0.373 e. The number of ether oxygens (including phenoxy) is 1. The molecule has 16 heavy (non-hydrogen) atoms. The molecule has 0 aliphatic carbocycles. The van der Waals surface area contributed by atoms with E-state index >= 15 is 0 Å². The highest BCUT2D eigenvalue weighted by atomic mass is 35.5. The summed E-state index contributed by atoms with van der Waals surface area (Å²) in [5, 5.41) is 6.39. The van der Waals surface area contributed by atoms with Crippen molar-refractivity contribution >= 4 is 22.9 Å². The standard InChI is InChI=1S/C12H18ClNOS/c1-3-14-11(10-5-4-8(2)15-10)12-9(13)6-7-16-12/h6-8,10-11,14H,3-5H2,1-2H3. The molecule has 90 valence electrons. The Balaban J connectivity index is 2.14. The summed E-state index contributed by atoms with van der Waals surface area (Å²) in [7, 11) is 0. The number of halogens is 1.